The van der Waals surface area contributed by atoms with Crippen molar-refractivity contribution >= 4 is 11.6 Å². The van der Waals surface area contributed by atoms with Crippen LogP contribution in [0.5, 0.6) is 5.75 Å². The molecule has 1 N–H and O–H groups in total. The van der Waals surface area contributed by atoms with Crippen molar-refractivity contribution in [3.05, 3.63) is 64.7 Å². The summed E-state index contributed by atoms with van der Waals surface area (Å²) in [4.78, 5) is 2.38. The van der Waals surface area contributed by atoms with E-state index in [9.17, 15) is 0 Å². The normalized spacial score (nSPS) is 17.7. The van der Waals surface area contributed by atoms with Crippen LogP contribution in [0.1, 0.15) is 23.1 Å². The van der Waals surface area contributed by atoms with Crippen molar-refractivity contribution in [2.75, 3.05) is 26.3 Å². The molecule has 1 fully saturated rings. The summed E-state index contributed by atoms with van der Waals surface area (Å²) in [5.74, 6) is 0.811. The van der Waals surface area contributed by atoms with Crippen molar-refractivity contribution in [1.82, 2.24) is 24.9 Å². The van der Waals surface area contributed by atoms with E-state index >= 15 is 0 Å². The van der Waals surface area contributed by atoms with Crippen LogP contribution in [0.2, 0.25) is 5.02 Å². The fourth-order valence-electron chi connectivity index (χ4n) is 3.32. The molecule has 7 nitrogen and oxygen atoms in total. The summed E-state index contributed by atoms with van der Waals surface area (Å²) >= 11 is 5.89. The van der Waals surface area contributed by atoms with E-state index in [1.165, 1.54) is 5.56 Å². The Morgan fingerprint density at radius 2 is 2.18 bits per heavy atom. The minimum atomic E-state index is -0.0207. The van der Waals surface area contributed by atoms with Gasteiger partial charge in [0.15, 0.2) is 0 Å². The van der Waals surface area contributed by atoms with Gasteiger partial charge >= 0.3 is 0 Å². The first kappa shape index (κ1) is 19.0. The van der Waals surface area contributed by atoms with Gasteiger partial charge in [0.2, 0.25) is 0 Å². The first-order valence-electron chi connectivity index (χ1n) is 9.40. The van der Waals surface area contributed by atoms with E-state index in [4.69, 9.17) is 21.1 Å². The van der Waals surface area contributed by atoms with Crippen molar-refractivity contribution < 1.29 is 9.47 Å². The molecule has 0 saturated carbocycles. The largest absolute Gasteiger partial charge is 0.493 e. The Hall–Kier alpha value is -2.35. The molecule has 0 aliphatic carbocycles. The molecule has 1 saturated heterocycles. The Balaban J connectivity index is 1.28. The lowest BCUT2D eigenvalue weighted by Gasteiger charge is -2.31. The van der Waals surface area contributed by atoms with Crippen LogP contribution in [0.3, 0.4) is 0 Å². The number of hydrogen-bond acceptors (Lipinski definition) is 5. The molecule has 148 valence electrons. The fourth-order valence-corrected chi connectivity index (χ4v) is 3.44. The summed E-state index contributed by atoms with van der Waals surface area (Å²) in [6, 6.07) is 9.45. The third-order valence-corrected chi connectivity index (χ3v) is 5.00. The SMILES string of the molecule is Cn1cc(CN2CCOC(c3cc(CCOc4ccc(Cl)cc4)[nH]n3)C2)cn1. The average Bonchev–Trinajstić information content (AvgIpc) is 3.33. The number of aromatic nitrogens is 4. The minimum Gasteiger partial charge on any atom is -0.493 e. The Labute approximate surface area is 169 Å². The van der Waals surface area contributed by atoms with Gasteiger partial charge in [-0.25, -0.2) is 0 Å². The Morgan fingerprint density at radius 1 is 1.32 bits per heavy atom. The summed E-state index contributed by atoms with van der Waals surface area (Å²) in [5, 5.41) is 12.5. The topological polar surface area (TPSA) is 68.2 Å². The van der Waals surface area contributed by atoms with Gasteiger partial charge < -0.3 is 9.47 Å². The van der Waals surface area contributed by atoms with E-state index in [1.54, 1.807) is 0 Å². The summed E-state index contributed by atoms with van der Waals surface area (Å²) in [5.41, 5.74) is 3.19. The molecule has 0 spiro atoms. The number of nitrogens with one attached hydrogen (secondary N) is 1. The second kappa shape index (κ2) is 8.77. The summed E-state index contributed by atoms with van der Waals surface area (Å²) in [6.45, 7) is 3.88. The van der Waals surface area contributed by atoms with Gasteiger partial charge in [-0.2, -0.15) is 10.2 Å². The van der Waals surface area contributed by atoms with Crippen molar-refractivity contribution in [1.29, 1.82) is 0 Å². The Bertz CT molecular complexity index is 892. The van der Waals surface area contributed by atoms with Crippen LogP contribution < -0.4 is 4.74 Å². The van der Waals surface area contributed by atoms with Gasteiger partial charge in [-0.15, -0.1) is 0 Å². The zero-order valence-electron chi connectivity index (χ0n) is 15.8. The molecule has 2 aromatic heterocycles. The highest BCUT2D eigenvalue weighted by Crippen LogP contribution is 2.22. The number of hydrogen-bond donors (Lipinski definition) is 1. The van der Waals surface area contributed by atoms with Gasteiger partial charge in [0.1, 0.15) is 11.9 Å². The lowest BCUT2D eigenvalue weighted by Crippen LogP contribution is -2.37. The summed E-state index contributed by atoms with van der Waals surface area (Å²) < 4.78 is 13.5. The van der Waals surface area contributed by atoms with Crippen molar-refractivity contribution in [3.63, 3.8) is 0 Å². The number of morpholine rings is 1. The predicted molar refractivity (Wildman–Crippen MR) is 106 cm³/mol. The van der Waals surface area contributed by atoms with Crippen LogP contribution >= 0.6 is 11.6 Å². The zero-order valence-corrected chi connectivity index (χ0v) is 16.6. The maximum absolute atomic E-state index is 5.95. The van der Waals surface area contributed by atoms with Gasteiger partial charge in [-0.1, -0.05) is 11.6 Å². The molecule has 1 unspecified atom stereocenters. The number of aromatic amines is 1. The van der Waals surface area contributed by atoms with Crippen LogP contribution in [0, 0.1) is 0 Å². The third kappa shape index (κ3) is 4.92. The number of H-pyrrole nitrogens is 1. The number of halogens is 1. The van der Waals surface area contributed by atoms with Crippen molar-refractivity contribution in [2.45, 2.75) is 19.1 Å². The van der Waals surface area contributed by atoms with Gasteiger partial charge in [-0.3, -0.25) is 14.7 Å². The number of ether oxygens (including phenoxy) is 2. The zero-order chi connectivity index (χ0) is 19.3. The number of aryl methyl sites for hydroxylation is 1. The van der Waals surface area contributed by atoms with Crippen molar-refractivity contribution in [2.24, 2.45) is 7.05 Å². The van der Waals surface area contributed by atoms with Gasteiger partial charge in [0.25, 0.3) is 0 Å². The van der Waals surface area contributed by atoms with Gasteiger partial charge in [-0.05, 0) is 30.3 Å². The number of nitrogens with zero attached hydrogens (tertiary/aromatic N) is 4. The number of rotatable bonds is 7. The lowest BCUT2D eigenvalue weighted by atomic mass is 10.1. The lowest BCUT2D eigenvalue weighted by molar-refractivity contribution is -0.0350. The fraction of sp³-hybridized carbons (Fsp3) is 0.400. The smallest absolute Gasteiger partial charge is 0.119 e. The van der Waals surface area contributed by atoms with Gasteiger partial charge in [0.05, 0.1) is 25.1 Å². The quantitative estimate of drug-likeness (QED) is 0.659. The van der Waals surface area contributed by atoms with E-state index in [-0.39, 0.29) is 6.10 Å². The van der Waals surface area contributed by atoms with E-state index in [0.717, 1.165) is 43.2 Å². The standard InChI is InChI=1S/C20H24ClN5O2/c1-25-12-15(11-22-25)13-26-7-9-28-20(14-26)19-10-17(23-24-19)6-8-27-18-4-2-16(21)3-5-18/h2-5,10-12,20H,6-9,13-14H2,1H3,(H,23,24). The van der Waals surface area contributed by atoms with Crippen LogP contribution in [0.4, 0.5) is 0 Å². The molecule has 8 heteroatoms. The maximum Gasteiger partial charge on any atom is 0.119 e. The van der Waals surface area contributed by atoms with Crippen LogP contribution in [0.25, 0.3) is 0 Å². The Kier molecular flexibility index (Phi) is 5.95. The maximum atomic E-state index is 5.95. The van der Waals surface area contributed by atoms with Crippen molar-refractivity contribution in [3.8, 4) is 5.75 Å². The number of benzene rings is 1. The summed E-state index contributed by atoms with van der Waals surface area (Å²) in [7, 11) is 1.94. The highest BCUT2D eigenvalue weighted by atomic mass is 35.5. The van der Waals surface area contributed by atoms with Crippen LogP contribution in [0.15, 0.2) is 42.7 Å². The van der Waals surface area contributed by atoms with Crippen LogP contribution in [-0.2, 0) is 24.8 Å². The molecular formula is C20H24ClN5O2. The van der Waals surface area contributed by atoms with E-state index in [1.807, 2.05) is 42.2 Å². The molecule has 28 heavy (non-hydrogen) atoms. The highest BCUT2D eigenvalue weighted by molar-refractivity contribution is 6.30. The molecule has 0 amide bonds. The molecule has 0 radical (unpaired) electrons. The molecule has 1 atom stereocenters. The van der Waals surface area contributed by atoms with Crippen LogP contribution in [-0.4, -0.2) is 51.2 Å². The molecule has 1 aliphatic heterocycles. The highest BCUT2D eigenvalue weighted by Gasteiger charge is 2.24. The average molecular weight is 402 g/mol. The first-order chi connectivity index (χ1) is 13.7. The molecule has 3 aromatic rings. The van der Waals surface area contributed by atoms with E-state index < -0.39 is 0 Å². The second-order valence-electron chi connectivity index (χ2n) is 6.99. The predicted octanol–water partition coefficient (Wildman–Crippen LogP) is 2.99. The van der Waals surface area contributed by atoms with E-state index in [0.29, 0.717) is 18.2 Å². The molecular weight excluding hydrogens is 378 g/mol. The molecule has 3 heterocycles. The Morgan fingerprint density at radius 3 is 2.96 bits per heavy atom. The van der Waals surface area contributed by atoms with E-state index in [2.05, 4.69) is 32.5 Å². The monoisotopic (exact) mass is 401 g/mol. The first-order valence-corrected chi connectivity index (χ1v) is 9.77. The molecule has 1 aromatic carbocycles. The summed E-state index contributed by atoms with van der Waals surface area (Å²) in [6.07, 6.45) is 4.70. The third-order valence-electron chi connectivity index (χ3n) is 4.75. The minimum absolute atomic E-state index is 0.0207. The van der Waals surface area contributed by atoms with Gasteiger partial charge in [0, 0.05) is 55.6 Å². The second-order valence-corrected chi connectivity index (χ2v) is 7.42. The molecule has 0 bridgehead atoms. The molecule has 4 rings (SSSR count). The molecule has 1 aliphatic rings.